The smallest absolute Gasteiger partial charge is 0.400 e. The van der Waals surface area contributed by atoms with E-state index >= 15 is 0 Å². The van der Waals surface area contributed by atoms with E-state index in [0.717, 1.165) is 5.56 Å². The van der Waals surface area contributed by atoms with Crippen LogP contribution >= 0.6 is 0 Å². The summed E-state index contributed by atoms with van der Waals surface area (Å²) in [4.78, 5) is 3.97. The van der Waals surface area contributed by atoms with Crippen LogP contribution in [-0.2, 0) is 9.31 Å². The molecule has 2 rings (SSSR count). The molecule has 102 valence electrons. The molecule has 4 nitrogen and oxygen atoms in total. The quantitative estimate of drug-likeness (QED) is 0.846. The molecule has 2 heterocycles. The molecule has 0 amide bonds. The predicted molar refractivity (Wildman–Crippen MR) is 75.4 cm³/mol. The van der Waals surface area contributed by atoms with Crippen molar-refractivity contribution in [3.8, 4) is 0 Å². The standard InChI is InChI=1S/C14H20BNO3/c1-13(2)14(3,4)19-15(18-13)12(10-17)9-11-5-7-16-8-6-11/h5-9,17H,10H2,1-4H3. The van der Waals surface area contributed by atoms with Crippen LogP contribution in [0.4, 0.5) is 0 Å². The van der Waals surface area contributed by atoms with Crippen molar-refractivity contribution < 1.29 is 14.4 Å². The summed E-state index contributed by atoms with van der Waals surface area (Å²) in [6.07, 6.45) is 5.31. The molecule has 1 fully saturated rings. The van der Waals surface area contributed by atoms with Gasteiger partial charge in [0.25, 0.3) is 0 Å². The van der Waals surface area contributed by atoms with Crippen LogP contribution in [0.2, 0.25) is 0 Å². The van der Waals surface area contributed by atoms with E-state index in [1.165, 1.54) is 0 Å². The minimum absolute atomic E-state index is 0.0981. The Morgan fingerprint density at radius 1 is 1.21 bits per heavy atom. The van der Waals surface area contributed by atoms with Gasteiger partial charge in [0.15, 0.2) is 0 Å². The Bertz CT molecular complexity index is 455. The maximum absolute atomic E-state index is 9.54. The number of aliphatic hydroxyl groups is 1. The fourth-order valence-corrected chi connectivity index (χ4v) is 1.86. The van der Waals surface area contributed by atoms with Crippen molar-refractivity contribution >= 4 is 13.2 Å². The Morgan fingerprint density at radius 2 is 1.74 bits per heavy atom. The Hall–Kier alpha value is -1.17. The SMILES string of the molecule is CC1(C)OB(C(=Cc2ccncc2)CO)OC1(C)C. The first-order valence-electron chi connectivity index (χ1n) is 6.43. The average molecular weight is 261 g/mol. The molecule has 1 N–H and O–H groups in total. The Balaban J connectivity index is 2.23. The molecule has 1 aliphatic rings. The molecule has 1 aromatic rings. The van der Waals surface area contributed by atoms with Gasteiger partial charge in [-0.25, -0.2) is 0 Å². The molecule has 0 aliphatic carbocycles. The molecule has 0 unspecified atom stereocenters. The molecule has 0 aromatic carbocycles. The second-order valence-electron chi connectivity index (χ2n) is 5.75. The van der Waals surface area contributed by atoms with Gasteiger partial charge in [-0.1, -0.05) is 6.08 Å². The van der Waals surface area contributed by atoms with Gasteiger partial charge in [0, 0.05) is 12.4 Å². The van der Waals surface area contributed by atoms with Gasteiger partial charge in [0.1, 0.15) is 0 Å². The van der Waals surface area contributed by atoms with Crippen LogP contribution in [0.15, 0.2) is 30.0 Å². The van der Waals surface area contributed by atoms with E-state index in [2.05, 4.69) is 4.98 Å². The lowest BCUT2D eigenvalue weighted by atomic mass is 9.77. The Labute approximate surface area is 114 Å². The van der Waals surface area contributed by atoms with Crippen LogP contribution in [0.25, 0.3) is 6.08 Å². The fraction of sp³-hybridized carbons (Fsp3) is 0.500. The number of pyridine rings is 1. The monoisotopic (exact) mass is 261 g/mol. The van der Waals surface area contributed by atoms with E-state index in [0.29, 0.717) is 5.47 Å². The minimum Gasteiger partial charge on any atom is -0.400 e. The lowest BCUT2D eigenvalue weighted by Gasteiger charge is -2.32. The summed E-state index contributed by atoms with van der Waals surface area (Å²) in [5.41, 5.74) is 0.882. The second kappa shape index (κ2) is 5.08. The van der Waals surface area contributed by atoms with Crippen molar-refractivity contribution in [3.63, 3.8) is 0 Å². The highest BCUT2D eigenvalue weighted by Gasteiger charge is 2.52. The average Bonchev–Trinajstić information content (AvgIpc) is 2.56. The van der Waals surface area contributed by atoms with Crippen LogP contribution in [-0.4, -0.2) is 35.0 Å². The van der Waals surface area contributed by atoms with Crippen LogP contribution in [0.3, 0.4) is 0 Å². The maximum atomic E-state index is 9.54. The lowest BCUT2D eigenvalue weighted by molar-refractivity contribution is 0.00578. The van der Waals surface area contributed by atoms with Gasteiger partial charge in [-0.2, -0.15) is 0 Å². The van der Waals surface area contributed by atoms with E-state index in [-0.39, 0.29) is 6.61 Å². The third-order valence-electron chi connectivity index (χ3n) is 3.80. The highest BCUT2D eigenvalue weighted by Crippen LogP contribution is 2.38. The normalized spacial score (nSPS) is 21.7. The van der Waals surface area contributed by atoms with E-state index in [4.69, 9.17) is 9.31 Å². The van der Waals surface area contributed by atoms with Crippen molar-refractivity contribution in [1.82, 2.24) is 4.98 Å². The third kappa shape index (κ3) is 2.89. The number of rotatable bonds is 3. The van der Waals surface area contributed by atoms with Crippen LogP contribution in [0.1, 0.15) is 33.3 Å². The summed E-state index contributed by atoms with van der Waals surface area (Å²) in [7, 11) is -0.511. The molecule has 1 aromatic heterocycles. The van der Waals surface area contributed by atoms with Crippen molar-refractivity contribution in [2.45, 2.75) is 38.9 Å². The number of hydrogen-bond acceptors (Lipinski definition) is 4. The topological polar surface area (TPSA) is 51.6 Å². The molecule has 5 heteroatoms. The van der Waals surface area contributed by atoms with E-state index in [1.807, 2.05) is 45.9 Å². The molecular formula is C14H20BNO3. The first-order valence-corrected chi connectivity index (χ1v) is 6.43. The zero-order valence-electron chi connectivity index (χ0n) is 11.9. The molecule has 0 radical (unpaired) electrons. The van der Waals surface area contributed by atoms with Gasteiger partial charge < -0.3 is 14.4 Å². The van der Waals surface area contributed by atoms with Crippen molar-refractivity contribution in [2.75, 3.05) is 6.61 Å². The highest BCUT2D eigenvalue weighted by molar-refractivity contribution is 6.55. The van der Waals surface area contributed by atoms with Crippen LogP contribution < -0.4 is 0 Å². The van der Waals surface area contributed by atoms with E-state index < -0.39 is 18.3 Å². The molecule has 1 aliphatic heterocycles. The summed E-state index contributed by atoms with van der Waals surface area (Å²) < 4.78 is 11.8. The Kier molecular flexibility index (Phi) is 3.81. The molecule has 1 saturated heterocycles. The van der Waals surface area contributed by atoms with Gasteiger partial charge in [-0.15, -0.1) is 0 Å². The van der Waals surface area contributed by atoms with E-state index in [1.54, 1.807) is 12.4 Å². The van der Waals surface area contributed by atoms with Gasteiger partial charge >= 0.3 is 7.12 Å². The highest BCUT2D eigenvalue weighted by atomic mass is 16.7. The first-order chi connectivity index (χ1) is 8.86. The minimum atomic E-state index is -0.511. The number of nitrogens with zero attached hydrogens (tertiary/aromatic N) is 1. The van der Waals surface area contributed by atoms with Crippen LogP contribution in [0.5, 0.6) is 0 Å². The van der Waals surface area contributed by atoms with Gasteiger partial charge in [-0.3, -0.25) is 4.98 Å². The molecule has 0 bridgehead atoms. The van der Waals surface area contributed by atoms with Gasteiger partial charge in [0.05, 0.1) is 17.8 Å². The molecule has 0 saturated carbocycles. The number of aliphatic hydroxyl groups excluding tert-OH is 1. The van der Waals surface area contributed by atoms with Crippen molar-refractivity contribution in [2.24, 2.45) is 0 Å². The maximum Gasteiger partial charge on any atom is 0.492 e. The molecule has 19 heavy (non-hydrogen) atoms. The molecular weight excluding hydrogens is 241 g/mol. The summed E-state index contributed by atoms with van der Waals surface area (Å²) in [6, 6.07) is 3.75. The van der Waals surface area contributed by atoms with Gasteiger partial charge in [0.2, 0.25) is 0 Å². The van der Waals surface area contributed by atoms with E-state index in [9.17, 15) is 5.11 Å². The van der Waals surface area contributed by atoms with Crippen molar-refractivity contribution in [3.05, 3.63) is 35.6 Å². The first kappa shape index (κ1) is 14.2. The zero-order chi connectivity index (χ0) is 14.1. The number of aromatic nitrogens is 1. The second-order valence-corrected chi connectivity index (χ2v) is 5.75. The van der Waals surface area contributed by atoms with Gasteiger partial charge in [-0.05, 0) is 50.9 Å². The number of hydrogen-bond donors (Lipinski definition) is 1. The zero-order valence-corrected chi connectivity index (χ0v) is 11.9. The lowest BCUT2D eigenvalue weighted by Crippen LogP contribution is -2.41. The predicted octanol–water partition coefficient (Wildman–Crippen LogP) is 2.09. The largest absolute Gasteiger partial charge is 0.492 e. The molecule has 0 spiro atoms. The van der Waals surface area contributed by atoms with Crippen molar-refractivity contribution in [1.29, 1.82) is 0 Å². The Morgan fingerprint density at radius 3 is 2.21 bits per heavy atom. The summed E-state index contributed by atoms with van der Waals surface area (Å²) in [5, 5.41) is 9.54. The summed E-state index contributed by atoms with van der Waals surface area (Å²) >= 11 is 0. The third-order valence-corrected chi connectivity index (χ3v) is 3.80. The summed E-state index contributed by atoms with van der Waals surface area (Å²) in [6.45, 7) is 7.88. The fourth-order valence-electron chi connectivity index (χ4n) is 1.86. The van der Waals surface area contributed by atoms with Crippen LogP contribution in [0, 0.1) is 0 Å². The molecule has 0 atom stereocenters. The summed E-state index contributed by atoms with van der Waals surface area (Å²) in [5.74, 6) is 0.